The van der Waals surface area contributed by atoms with Gasteiger partial charge in [-0.25, -0.2) is 4.98 Å². The molecule has 0 saturated carbocycles. The van der Waals surface area contributed by atoms with E-state index >= 15 is 0 Å². The number of hydrogen-bond donors (Lipinski definition) is 0. The summed E-state index contributed by atoms with van der Waals surface area (Å²) in [6.45, 7) is 4.69. The van der Waals surface area contributed by atoms with Gasteiger partial charge in [-0.3, -0.25) is 9.98 Å². The molecular weight excluding hydrogens is 479 g/mol. The fourth-order valence-corrected chi connectivity index (χ4v) is 5.67. The Bertz CT molecular complexity index is 1380. The topological polar surface area (TPSA) is 87.7 Å². The molecule has 0 radical (unpaired) electrons. The van der Waals surface area contributed by atoms with Crippen molar-refractivity contribution in [1.82, 2.24) is 24.7 Å². The molecule has 0 fully saturated rings. The van der Waals surface area contributed by atoms with E-state index in [1.54, 1.807) is 11.3 Å². The van der Waals surface area contributed by atoms with Crippen molar-refractivity contribution in [2.24, 2.45) is 9.98 Å². The van der Waals surface area contributed by atoms with E-state index in [-0.39, 0.29) is 18.9 Å². The minimum absolute atomic E-state index is 0.129. The second-order valence-electron chi connectivity index (χ2n) is 8.58. The number of halogens is 3. The zero-order valence-electron chi connectivity index (χ0n) is 19.0. The predicted octanol–water partition coefficient (Wildman–Crippen LogP) is 3.50. The van der Waals surface area contributed by atoms with Crippen LogP contribution in [0.4, 0.5) is 24.9 Å². The van der Waals surface area contributed by atoms with E-state index in [0.717, 1.165) is 39.0 Å². The molecule has 0 spiro atoms. The Kier molecular flexibility index (Phi) is 5.31. The van der Waals surface area contributed by atoms with Crippen molar-refractivity contribution >= 4 is 44.7 Å². The van der Waals surface area contributed by atoms with Gasteiger partial charge in [0.15, 0.2) is 5.82 Å². The quantitative estimate of drug-likeness (QED) is 0.544. The monoisotopic (exact) mass is 501 g/mol. The molecule has 9 nitrogen and oxygen atoms in total. The fraction of sp³-hybridized carbons (Fsp3) is 0.455. The van der Waals surface area contributed by atoms with Gasteiger partial charge in [-0.15, -0.1) is 21.5 Å². The largest absolute Gasteiger partial charge is 0.451 e. The Morgan fingerprint density at radius 1 is 1.06 bits per heavy atom. The number of nitrogens with zero attached hydrogens (tertiary/aromatic N) is 9. The minimum Gasteiger partial charge on any atom is -0.347 e. The number of hydrogen-bond acceptors (Lipinski definition) is 9. The Balaban J connectivity index is 1.40. The number of aryl methyl sites for hydroxylation is 1. The van der Waals surface area contributed by atoms with E-state index in [2.05, 4.69) is 33.2 Å². The smallest absolute Gasteiger partial charge is 0.347 e. The third-order valence-electron chi connectivity index (χ3n) is 6.18. The zero-order chi connectivity index (χ0) is 24.2. The van der Waals surface area contributed by atoms with Gasteiger partial charge < -0.3 is 14.4 Å². The lowest BCUT2D eigenvalue weighted by Gasteiger charge is -2.30. The summed E-state index contributed by atoms with van der Waals surface area (Å²) in [4.78, 5) is 24.9. The highest BCUT2D eigenvalue weighted by molar-refractivity contribution is 7.18. The molecule has 13 heteroatoms. The lowest BCUT2D eigenvalue weighted by Crippen LogP contribution is -2.38. The first-order chi connectivity index (χ1) is 16.9. The molecule has 6 heterocycles. The molecule has 35 heavy (non-hydrogen) atoms. The summed E-state index contributed by atoms with van der Waals surface area (Å²) in [6.07, 6.45) is 1.24. The fourth-order valence-electron chi connectivity index (χ4n) is 4.55. The summed E-state index contributed by atoms with van der Waals surface area (Å²) in [6, 6.07) is 2.10. The molecule has 0 aliphatic carbocycles. The molecule has 3 aromatic rings. The average Bonchev–Trinajstić information content (AvgIpc) is 3.46. The van der Waals surface area contributed by atoms with Crippen LogP contribution < -0.4 is 9.80 Å². The van der Waals surface area contributed by atoms with Gasteiger partial charge in [0.1, 0.15) is 10.6 Å². The number of aliphatic imine (C=N–C) groups is 2. The first-order valence-electron chi connectivity index (χ1n) is 11.5. The van der Waals surface area contributed by atoms with Crippen LogP contribution in [0.15, 0.2) is 28.3 Å². The van der Waals surface area contributed by atoms with Crippen molar-refractivity contribution in [2.75, 3.05) is 36.0 Å². The highest BCUT2D eigenvalue weighted by atomic mass is 32.1. The van der Waals surface area contributed by atoms with Gasteiger partial charge in [-0.05, 0) is 18.6 Å². The van der Waals surface area contributed by atoms with Crippen molar-refractivity contribution in [3.05, 3.63) is 34.9 Å². The zero-order valence-corrected chi connectivity index (χ0v) is 19.8. The normalized spacial score (nSPS) is 17.9. The third kappa shape index (κ3) is 3.97. The second-order valence-corrected chi connectivity index (χ2v) is 9.69. The number of rotatable bonds is 4. The van der Waals surface area contributed by atoms with Crippen LogP contribution in [0.1, 0.15) is 29.9 Å². The van der Waals surface area contributed by atoms with Gasteiger partial charge >= 0.3 is 6.18 Å². The molecule has 0 unspecified atom stereocenters. The molecule has 182 valence electrons. The molecule has 0 saturated heterocycles. The van der Waals surface area contributed by atoms with E-state index in [0.29, 0.717) is 37.9 Å². The molecule has 0 atom stereocenters. The SMILES string of the molecule is CCCc1cc2c(N3CCn4c(nnc4C(F)(F)F)C3)nc(N3C=CC4=NCCN=C4C3)nc2s1. The standard InChI is InChI=1S/C22H22F3N9S/c1-2-3-13-10-14-18(32-8-9-34-17(12-32)30-31-20(34)22(23,24)25)28-21(29-19(14)35-13)33-7-4-15-16(11-33)27-6-5-26-15/h4,7,10H,2-3,5-6,8-9,11-12H2,1H3. The Labute approximate surface area is 202 Å². The van der Waals surface area contributed by atoms with Crippen LogP contribution in [0.5, 0.6) is 0 Å². The van der Waals surface area contributed by atoms with Crippen LogP contribution in [0.2, 0.25) is 0 Å². The van der Waals surface area contributed by atoms with Gasteiger partial charge in [0.05, 0.1) is 43.0 Å². The van der Waals surface area contributed by atoms with E-state index in [9.17, 15) is 13.2 Å². The molecule has 0 aromatic carbocycles. The number of allylic oxidation sites excluding steroid dienone is 1. The number of aromatic nitrogens is 5. The summed E-state index contributed by atoms with van der Waals surface area (Å²) in [5.74, 6) is 0.552. The number of alkyl halides is 3. The van der Waals surface area contributed by atoms with Crippen LogP contribution in [0.3, 0.4) is 0 Å². The van der Waals surface area contributed by atoms with Crippen LogP contribution in [-0.2, 0) is 25.7 Å². The molecule has 0 amide bonds. The van der Waals surface area contributed by atoms with Crippen LogP contribution in [0, 0.1) is 0 Å². The van der Waals surface area contributed by atoms with Crippen LogP contribution in [-0.4, -0.2) is 62.3 Å². The molecule has 3 aromatic heterocycles. The highest BCUT2D eigenvalue weighted by Crippen LogP contribution is 2.36. The van der Waals surface area contributed by atoms with Gasteiger partial charge in [0.25, 0.3) is 0 Å². The molecule has 0 bridgehead atoms. The average molecular weight is 502 g/mol. The van der Waals surface area contributed by atoms with Gasteiger partial charge in [0.2, 0.25) is 11.8 Å². The van der Waals surface area contributed by atoms with Gasteiger partial charge in [-0.1, -0.05) is 13.3 Å². The van der Waals surface area contributed by atoms with Crippen molar-refractivity contribution < 1.29 is 13.2 Å². The van der Waals surface area contributed by atoms with Crippen molar-refractivity contribution in [2.45, 2.75) is 39.0 Å². The molecule has 3 aliphatic heterocycles. The van der Waals surface area contributed by atoms with Crippen LogP contribution >= 0.6 is 11.3 Å². The van der Waals surface area contributed by atoms with E-state index < -0.39 is 12.0 Å². The molecule has 6 rings (SSSR count). The number of anilines is 2. The third-order valence-corrected chi connectivity index (χ3v) is 7.27. The summed E-state index contributed by atoms with van der Waals surface area (Å²) >= 11 is 1.63. The first-order valence-corrected chi connectivity index (χ1v) is 12.3. The van der Waals surface area contributed by atoms with E-state index in [1.807, 2.05) is 22.1 Å². The lowest BCUT2D eigenvalue weighted by molar-refractivity contribution is -0.147. The molecule has 0 N–H and O–H groups in total. The lowest BCUT2D eigenvalue weighted by atomic mass is 10.1. The summed E-state index contributed by atoms with van der Waals surface area (Å²) in [5, 5.41) is 8.14. The maximum Gasteiger partial charge on any atom is 0.451 e. The predicted molar refractivity (Wildman–Crippen MR) is 129 cm³/mol. The van der Waals surface area contributed by atoms with E-state index in [4.69, 9.17) is 9.97 Å². The molecule has 3 aliphatic rings. The Morgan fingerprint density at radius 2 is 1.91 bits per heavy atom. The summed E-state index contributed by atoms with van der Waals surface area (Å²) < 4.78 is 41.1. The Hall–Kier alpha value is -3.35. The number of fused-ring (bicyclic) bond motifs is 3. The van der Waals surface area contributed by atoms with E-state index in [1.165, 1.54) is 4.88 Å². The Morgan fingerprint density at radius 3 is 2.74 bits per heavy atom. The van der Waals surface area contributed by atoms with Gasteiger partial charge in [0, 0.05) is 24.2 Å². The minimum atomic E-state index is -4.53. The van der Waals surface area contributed by atoms with Crippen molar-refractivity contribution in [3.63, 3.8) is 0 Å². The highest BCUT2D eigenvalue weighted by Gasteiger charge is 2.40. The first kappa shape index (κ1) is 22.1. The van der Waals surface area contributed by atoms with Crippen LogP contribution in [0.25, 0.3) is 10.2 Å². The maximum absolute atomic E-state index is 13.3. The summed E-state index contributed by atoms with van der Waals surface area (Å²) in [5.41, 5.74) is 1.80. The number of thiophene rings is 1. The maximum atomic E-state index is 13.3. The van der Waals surface area contributed by atoms with Crippen molar-refractivity contribution in [1.29, 1.82) is 0 Å². The van der Waals surface area contributed by atoms with Gasteiger partial charge in [-0.2, -0.15) is 18.2 Å². The second kappa shape index (κ2) is 8.40. The molecular formula is C22H22F3N9S. The van der Waals surface area contributed by atoms with Crippen molar-refractivity contribution in [3.8, 4) is 0 Å². The summed E-state index contributed by atoms with van der Waals surface area (Å²) in [7, 11) is 0.